The number of hydrogen-bond donors (Lipinski definition) is 0. The van der Waals surface area contributed by atoms with Crippen LogP contribution in [0.4, 0.5) is 0 Å². The number of aldehydes is 1. The monoisotopic (exact) mass is 180 g/mol. The number of rotatable bonds is 2. The zero-order valence-electron chi connectivity index (χ0n) is 7.96. The van der Waals surface area contributed by atoms with Crippen molar-refractivity contribution in [1.82, 2.24) is 0 Å². The van der Waals surface area contributed by atoms with E-state index in [1.165, 1.54) is 12.1 Å². The van der Waals surface area contributed by atoms with E-state index in [2.05, 4.69) is 0 Å². The van der Waals surface area contributed by atoms with E-state index in [0.29, 0.717) is 6.29 Å². The molecule has 1 aromatic heterocycles. The minimum absolute atomic E-state index is 0.0967. The first-order valence-corrected chi connectivity index (χ1v) is 4.05. The molecule has 1 aromatic rings. The molecule has 0 fully saturated rings. The second-order valence-electron chi connectivity index (χ2n) is 3.90. The molecular weight excluding hydrogens is 168 g/mol. The zero-order valence-corrected chi connectivity index (χ0v) is 7.96. The van der Waals surface area contributed by atoms with E-state index >= 15 is 0 Å². The highest BCUT2D eigenvalue weighted by atomic mass is 16.4. The van der Waals surface area contributed by atoms with Gasteiger partial charge in [0.15, 0.2) is 17.8 Å². The van der Waals surface area contributed by atoms with Crippen LogP contribution in [0.2, 0.25) is 0 Å². The van der Waals surface area contributed by atoms with Crippen LogP contribution in [0.15, 0.2) is 16.5 Å². The van der Waals surface area contributed by atoms with E-state index < -0.39 is 5.41 Å². The molecule has 0 atom stereocenters. The van der Waals surface area contributed by atoms with Crippen LogP contribution < -0.4 is 0 Å². The van der Waals surface area contributed by atoms with E-state index in [1.54, 1.807) is 20.8 Å². The number of carbonyl (C=O) groups excluding carboxylic acids is 2. The molecule has 70 valence electrons. The number of furan rings is 1. The lowest BCUT2D eigenvalue weighted by Gasteiger charge is -2.13. The standard InChI is InChI=1S/C10H12O3/c1-10(2,3)9(12)8-5-4-7(6-11)13-8/h4-6H,1-3H3. The Balaban J connectivity index is 2.96. The Kier molecular flexibility index (Phi) is 2.36. The summed E-state index contributed by atoms with van der Waals surface area (Å²) < 4.78 is 5.00. The summed E-state index contributed by atoms with van der Waals surface area (Å²) in [5.41, 5.74) is -0.474. The molecule has 0 radical (unpaired) electrons. The molecule has 0 aromatic carbocycles. The van der Waals surface area contributed by atoms with Gasteiger partial charge in [0.25, 0.3) is 0 Å². The van der Waals surface area contributed by atoms with Crippen LogP contribution in [0.25, 0.3) is 0 Å². The van der Waals surface area contributed by atoms with Crippen molar-refractivity contribution in [2.75, 3.05) is 0 Å². The molecule has 3 heteroatoms. The van der Waals surface area contributed by atoms with Crippen molar-refractivity contribution in [2.45, 2.75) is 20.8 Å². The lowest BCUT2D eigenvalue weighted by molar-refractivity contribution is 0.0826. The van der Waals surface area contributed by atoms with Gasteiger partial charge in [0.1, 0.15) is 0 Å². The van der Waals surface area contributed by atoms with Gasteiger partial charge >= 0.3 is 0 Å². The van der Waals surface area contributed by atoms with Gasteiger partial charge in [-0.1, -0.05) is 20.8 Å². The van der Waals surface area contributed by atoms with Gasteiger partial charge in [0, 0.05) is 5.41 Å². The molecule has 1 heterocycles. The summed E-state index contributed by atoms with van der Waals surface area (Å²) in [6.07, 6.45) is 0.583. The summed E-state index contributed by atoms with van der Waals surface area (Å²) in [5, 5.41) is 0. The summed E-state index contributed by atoms with van der Waals surface area (Å²) in [4.78, 5) is 21.9. The second kappa shape index (κ2) is 3.17. The van der Waals surface area contributed by atoms with Crippen LogP contribution in [0.1, 0.15) is 41.9 Å². The summed E-state index contributed by atoms with van der Waals surface area (Å²) in [7, 11) is 0. The smallest absolute Gasteiger partial charge is 0.203 e. The average Bonchev–Trinajstić information content (AvgIpc) is 2.48. The Morgan fingerprint density at radius 3 is 2.38 bits per heavy atom. The first-order valence-electron chi connectivity index (χ1n) is 4.05. The Morgan fingerprint density at radius 2 is 2.00 bits per heavy atom. The molecule has 0 amide bonds. The van der Waals surface area contributed by atoms with Crippen molar-refractivity contribution in [2.24, 2.45) is 5.41 Å². The molecule has 3 nitrogen and oxygen atoms in total. The third kappa shape index (κ3) is 2.05. The number of Topliss-reactive ketones (excluding diaryl/α,β-unsaturated/α-hetero) is 1. The van der Waals surface area contributed by atoms with E-state index in [9.17, 15) is 9.59 Å². The molecule has 0 aliphatic rings. The Hall–Kier alpha value is -1.38. The predicted octanol–water partition coefficient (Wildman–Crippen LogP) is 2.32. The highest BCUT2D eigenvalue weighted by molar-refractivity contribution is 5.97. The van der Waals surface area contributed by atoms with Gasteiger partial charge in [-0.05, 0) is 12.1 Å². The molecule has 13 heavy (non-hydrogen) atoms. The first kappa shape index (κ1) is 9.71. The normalized spacial score (nSPS) is 11.3. The highest BCUT2D eigenvalue weighted by Gasteiger charge is 2.25. The van der Waals surface area contributed by atoms with Crippen LogP contribution in [-0.2, 0) is 0 Å². The largest absolute Gasteiger partial charge is 0.450 e. The molecule has 0 aliphatic heterocycles. The molecule has 0 aliphatic carbocycles. The van der Waals surface area contributed by atoms with Gasteiger partial charge < -0.3 is 4.42 Å². The van der Waals surface area contributed by atoms with Gasteiger partial charge in [-0.15, -0.1) is 0 Å². The van der Waals surface area contributed by atoms with Crippen molar-refractivity contribution in [3.63, 3.8) is 0 Å². The van der Waals surface area contributed by atoms with Crippen molar-refractivity contribution in [1.29, 1.82) is 0 Å². The van der Waals surface area contributed by atoms with Crippen molar-refractivity contribution >= 4 is 12.1 Å². The third-order valence-corrected chi connectivity index (χ3v) is 1.65. The van der Waals surface area contributed by atoms with Crippen LogP contribution in [0, 0.1) is 5.41 Å². The maximum Gasteiger partial charge on any atom is 0.203 e. The molecule has 0 spiro atoms. The fourth-order valence-corrected chi connectivity index (χ4v) is 0.908. The summed E-state index contributed by atoms with van der Waals surface area (Å²) in [5.74, 6) is 0.336. The van der Waals surface area contributed by atoms with Crippen molar-refractivity contribution in [3.05, 3.63) is 23.7 Å². The van der Waals surface area contributed by atoms with Crippen LogP contribution in [0.3, 0.4) is 0 Å². The summed E-state index contributed by atoms with van der Waals surface area (Å²) in [6, 6.07) is 3.02. The maximum absolute atomic E-state index is 11.6. The van der Waals surface area contributed by atoms with E-state index in [1.807, 2.05) is 0 Å². The minimum atomic E-state index is -0.474. The Labute approximate surface area is 76.7 Å². The quantitative estimate of drug-likeness (QED) is 0.518. The second-order valence-corrected chi connectivity index (χ2v) is 3.90. The fourth-order valence-electron chi connectivity index (χ4n) is 0.908. The molecule has 0 unspecified atom stereocenters. The van der Waals surface area contributed by atoms with E-state index in [0.717, 1.165) is 0 Å². The zero-order chi connectivity index (χ0) is 10.1. The van der Waals surface area contributed by atoms with E-state index in [4.69, 9.17) is 4.42 Å². The molecule has 0 saturated carbocycles. The van der Waals surface area contributed by atoms with Crippen molar-refractivity contribution < 1.29 is 14.0 Å². The van der Waals surface area contributed by atoms with Crippen molar-refractivity contribution in [3.8, 4) is 0 Å². The maximum atomic E-state index is 11.6. The molecule has 1 rings (SSSR count). The average molecular weight is 180 g/mol. The molecule has 0 saturated heterocycles. The SMILES string of the molecule is CC(C)(C)C(=O)c1ccc(C=O)o1. The lowest BCUT2D eigenvalue weighted by atomic mass is 9.89. The number of carbonyl (C=O) groups is 2. The lowest BCUT2D eigenvalue weighted by Crippen LogP contribution is -2.19. The predicted molar refractivity (Wildman–Crippen MR) is 47.9 cm³/mol. The summed E-state index contributed by atoms with van der Waals surface area (Å²) in [6.45, 7) is 5.41. The molecule has 0 bridgehead atoms. The van der Waals surface area contributed by atoms with Gasteiger partial charge in [0.2, 0.25) is 5.78 Å². The Bertz CT molecular complexity index is 328. The first-order chi connectivity index (χ1) is 5.95. The topological polar surface area (TPSA) is 47.3 Å². The van der Waals surface area contributed by atoms with E-state index in [-0.39, 0.29) is 17.3 Å². The summed E-state index contributed by atoms with van der Waals surface area (Å²) >= 11 is 0. The fraction of sp³-hybridized carbons (Fsp3) is 0.400. The van der Waals surface area contributed by atoms with Gasteiger partial charge in [-0.2, -0.15) is 0 Å². The Morgan fingerprint density at radius 1 is 1.38 bits per heavy atom. The van der Waals surface area contributed by atoms with Crippen LogP contribution >= 0.6 is 0 Å². The van der Waals surface area contributed by atoms with Gasteiger partial charge in [0.05, 0.1) is 0 Å². The number of hydrogen-bond acceptors (Lipinski definition) is 3. The molecular formula is C10H12O3. The van der Waals surface area contributed by atoms with Crippen LogP contribution in [0.5, 0.6) is 0 Å². The van der Waals surface area contributed by atoms with Gasteiger partial charge in [-0.25, -0.2) is 0 Å². The van der Waals surface area contributed by atoms with Gasteiger partial charge in [-0.3, -0.25) is 9.59 Å². The molecule has 0 N–H and O–H groups in total. The third-order valence-electron chi connectivity index (χ3n) is 1.65. The minimum Gasteiger partial charge on any atom is -0.450 e. The van der Waals surface area contributed by atoms with Crippen LogP contribution in [-0.4, -0.2) is 12.1 Å². The number of ketones is 1. The highest BCUT2D eigenvalue weighted by Crippen LogP contribution is 2.21.